The maximum absolute atomic E-state index is 13.1. The van der Waals surface area contributed by atoms with Crippen molar-refractivity contribution in [2.45, 2.75) is 13.0 Å². The molecule has 0 aliphatic carbocycles. The number of benzene rings is 2. The minimum Gasteiger partial charge on any atom is -0.368 e. The van der Waals surface area contributed by atoms with Gasteiger partial charge in [0, 0.05) is 49.9 Å². The van der Waals surface area contributed by atoms with Gasteiger partial charge in [-0.3, -0.25) is 9.59 Å². The first-order valence-corrected chi connectivity index (χ1v) is 10.0. The molecule has 0 saturated carbocycles. The van der Waals surface area contributed by atoms with Gasteiger partial charge in [0.15, 0.2) is 0 Å². The van der Waals surface area contributed by atoms with Gasteiger partial charge in [0.05, 0.1) is 12.2 Å². The second kappa shape index (κ2) is 8.90. The maximum Gasteiger partial charge on any atom is 0.266 e. The van der Waals surface area contributed by atoms with Crippen LogP contribution in [0.1, 0.15) is 6.42 Å². The molecule has 1 saturated heterocycles. The van der Waals surface area contributed by atoms with E-state index in [4.69, 9.17) is 0 Å². The molecule has 0 N–H and O–H groups in total. The highest BCUT2D eigenvalue weighted by atomic mass is 19.1. The number of carbonyl (C=O) groups is 1. The van der Waals surface area contributed by atoms with Crippen LogP contribution in [0.3, 0.4) is 0 Å². The molecular formula is C23H23FN4O2. The molecule has 1 aromatic heterocycles. The van der Waals surface area contributed by atoms with E-state index in [1.807, 2.05) is 35.2 Å². The monoisotopic (exact) mass is 406 g/mol. The number of hydrogen-bond acceptors (Lipinski definition) is 4. The van der Waals surface area contributed by atoms with Gasteiger partial charge in [-0.05, 0) is 30.3 Å². The molecule has 6 nitrogen and oxygen atoms in total. The first-order valence-electron chi connectivity index (χ1n) is 10.0. The fourth-order valence-corrected chi connectivity index (χ4v) is 3.60. The molecule has 1 amide bonds. The number of anilines is 1. The van der Waals surface area contributed by atoms with Crippen molar-refractivity contribution in [3.63, 3.8) is 0 Å². The summed E-state index contributed by atoms with van der Waals surface area (Å²) in [6, 6.07) is 19.2. The summed E-state index contributed by atoms with van der Waals surface area (Å²) in [5.41, 5.74) is 2.37. The van der Waals surface area contributed by atoms with E-state index in [1.165, 1.54) is 22.9 Å². The van der Waals surface area contributed by atoms with Crippen LogP contribution in [0.2, 0.25) is 0 Å². The standard InChI is InChI=1S/C23H23FN4O2/c24-19-6-8-20(9-7-19)26-14-16-27(17-15-26)22(29)12-13-28-23(30)11-10-21(25-28)18-4-2-1-3-5-18/h1-11H,12-17H2. The van der Waals surface area contributed by atoms with E-state index in [0.717, 1.165) is 11.3 Å². The topological polar surface area (TPSA) is 58.4 Å². The normalized spacial score (nSPS) is 14.0. The highest BCUT2D eigenvalue weighted by Crippen LogP contribution is 2.17. The molecule has 30 heavy (non-hydrogen) atoms. The van der Waals surface area contributed by atoms with Crippen molar-refractivity contribution in [1.82, 2.24) is 14.7 Å². The van der Waals surface area contributed by atoms with Crippen LogP contribution < -0.4 is 10.5 Å². The molecule has 1 aliphatic rings. The van der Waals surface area contributed by atoms with Gasteiger partial charge in [0.1, 0.15) is 5.82 Å². The van der Waals surface area contributed by atoms with E-state index in [1.54, 1.807) is 18.2 Å². The van der Waals surface area contributed by atoms with Crippen molar-refractivity contribution in [3.05, 3.63) is 82.9 Å². The summed E-state index contributed by atoms with van der Waals surface area (Å²) in [5, 5.41) is 4.41. The van der Waals surface area contributed by atoms with Gasteiger partial charge in [-0.1, -0.05) is 30.3 Å². The lowest BCUT2D eigenvalue weighted by Crippen LogP contribution is -2.49. The van der Waals surface area contributed by atoms with Gasteiger partial charge < -0.3 is 9.80 Å². The van der Waals surface area contributed by atoms with E-state index in [9.17, 15) is 14.0 Å². The van der Waals surface area contributed by atoms with E-state index >= 15 is 0 Å². The fraction of sp³-hybridized carbons (Fsp3) is 0.261. The summed E-state index contributed by atoms with van der Waals surface area (Å²) >= 11 is 0. The first kappa shape index (κ1) is 19.8. The molecule has 2 heterocycles. The zero-order valence-electron chi connectivity index (χ0n) is 16.6. The van der Waals surface area contributed by atoms with Crippen molar-refractivity contribution < 1.29 is 9.18 Å². The average Bonchev–Trinajstić information content (AvgIpc) is 2.79. The minimum atomic E-state index is -0.257. The predicted octanol–water partition coefficient (Wildman–Crippen LogP) is 2.79. The summed E-state index contributed by atoms with van der Waals surface area (Å²) in [4.78, 5) is 28.7. The van der Waals surface area contributed by atoms with Crippen molar-refractivity contribution in [1.29, 1.82) is 0 Å². The van der Waals surface area contributed by atoms with Crippen LogP contribution >= 0.6 is 0 Å². The molecule has 4 rings (SSSR count). The zero-order chi connectivity index (χ0) is 20.9. The number of carbonyl (C=O) groups excluding carboxylic acids is 1. The smallest absolute Gasteiger partial charge is 0.266 e. The number of nitrogens with zero attached hydrogens (tertiary/aromatic N) is 4. The SMILES string of the molecule is O=C(CCn1nc(-c2ccccc2)ccc1=O)N1CCN(c2ccc(F)cc2)CC1. The lowest BCUT2D eigenvalue weighted by Gasteiger charge is -2.36. The summed E-state index contributed by atoms with van der Waals surface area (Å²) in [6.07, 6.45) is 0.224. The van der Waals surface area contributed by atoms with E-state index in [0.29, 0.717) is 31.9 Å². The number of hydrogen-bond donors (Lipinski definition) is 0. The molecule has 154 valence electrons. The number of aryl methyl sites for hydroxylation is 1. The van der Waals surface area contributed by atoms with Crippen LogP contribution in [-0.2, 0) is 11.3 Å². The summed E-state index contributed by atoms with van der Waals surface area (Å²) < 4.78 is 14.5. The lowest BCUT2D eigenvalue weighted by atomic mass is 10.1. The van der Waals surface area contributed by atoms with E-state index < -0.39 is 0 Å². The molecule has 2 aromatic carbocycles. The summed E-state index contributed by atoms with van der Waals surface area (Å²) in [7, 11) is 0. The quantitative estimate of drug-likeness (QED) is 0.654. The van der Waals surface area contributed by atoms with Crippen LogP contribution in [0.25, 0.3) is 11.3 Å². The van der Waals surface area contributed by atoms with E-state index in [2.05, 4.69) is 10.00 Å². The highest BCUT2D eigenvalue weighted by molar-refractivity contribution is 5.76. The van der Waals surface area contributed by atoms with E-state index in [-0.39, 0.29) is 30.2 Å². The van der Waals surface area contributed by atoms with Gasteiger partial charge in [-0.2, -0.15) is 5.10 Å². The Bertz CT molecular complexity index is 1060. The second-order valence-electron chi connectivity index (χ2n) is 7.24. The number of amides is 1. The Morgan fingerprint density at radius 3 is 2.30 bits per heavy atom. The lowest BCUT2D eigenvalue weighted by molar-refractivity contribution is -0.131. The molecule has 7 heteroatoms. The summed E-state index contributed by atoms with van der Waals surface area (Å²) in [6.45, 7) is 2.83. The first-order chi connectivity index (χ1) is 14.6. The van der Waals surface area contributed by atoms with Crippen LogP contribution in [-0.4, -0.2) is 46.8 Å². The van der Waals surface area contributed by atoms with Crippen LogP contribution in [0.5, 0.6) is 0 Å². The number of rotatable bonds is 5. The van der Waals surface area contributed by atoms with Crippen LogP contribution in [0, 0.1) is 5.82 Å². The Balaban J connectivity index is 1.34. The van der Waals surface area contributed by atoms with Crippen LogP contribution in [0.4, 0.5) is 10.1 Å². The Labute approximate surface area is 174 Å². The number of aromatic nitrogens is 2. The highest BCUT2D eigenvalue weighted by Gasteiger charge is 2.21. The van der Waals surface area contributed by atoms with Gasteiger partial charge in [0.25, 0.3) is 5.56 Å². The van der Waals surface area contributed by atoms with Gasteiger partial charge >= 0.3 is 0 Å². The molecule has 0 unspecified atom stereocenters. The van der Waals surface area contributed by atoms with Gasteiger partial charge in [-0.15, -0.1) is 0 Å². The molecule has 1 fully saturated rings. The third-order valence-electron chi connectivity index (χ3n) is 5.30. The number of halogens is 1. The molecule has 0 bridgehead atoms. The second-order valence-corrected chi connectivity index (χ2v) is 7.24. The third-order valence-corrected chi connectivity index (χ3v) is 5.30. The fourth-order valence-electron chi connectivity index (χ4n) is 3.60. The number of piperazine rings is 1. The molecule has 0 atom stereocenters. The van der Waals surface area contributed by atoms with Crippen molar-refractivity contribution in [2.75, 3.05) is 31.1 Å². The Kier molecular flexibility index (Phi) is 5.88. The summed E-state index contributed by atoms with van der Waals surface area (Å²) in [5.74, 6) is -0.250. The van der Waals surface area contributed by atoms with Gasteiger partial charge in [0.2, 0.25) is 5.91 Å². The maximum atomic E-state index is 13.1. The van der Waals surface area contributed by atoms with Gasteiger partial charge in [-0.25, -0.2) is 9.07 Å². The third kappa shape index (κ3) is 4.56. The Hall–Kier alpha value is -3.48. The molecular weight excluding hydrogens is 383 g/mol. The molecule has 0 radical (unpaired) electrons. The van der Waals surface area contributed by atoms with Crippen molar-refractivity contribution in [3.8, 4) is 11.3 Å². The largest absolute Gasteiger partial charge is 0.368 e. The van der Waals surface area contributed by atoms with Crippen LogP contribution in [0.15, 0.2) is 71.5 Å². The Morgan fingerprint density at radius 1 is 0.900 bits per heavy atom. The Morgan fingerprint density at radius 2 is 1.60 bits per heavy atom. The molecule has 0 spiro atoms. The zero-order valence-corrected chi connectivity index (χ0v) is 16.6. The predicted molar refractivity (Wildman–Crippen MR) is 114 cm³/mol. The van der Waals surface area contributed by atoms with Crippen molar-refractivity contribution >= 4 is 11.6 Å². The molecule has 3 aromatic rings. The minimum absolute atomic E-state index is 0.00701. The average molecular weight is 406 g/mol. The molecule has 1 aliphatic heterocycles. The van der Waals surface area contributed by atoms with Crippen molar-refractivity contribution in [2.24, 2.45) is 0 Å².